The highest BCUT2D eigenvalue weighted by molar-refractivity contribution is 5.75. The maximum absolute atomic E-state index is 12.4. The Morgan fingerprint density at radius 1 is 1.17 bits per heavy atom. The number of nitrogens with one attached hydrogen (secondary N) is 1. The van der Waals surface area contributed by atoms with E-state index in [4.69, 9.17) is 4.74 Å². The van der Waals surface area contributed by atoms with E-state index in [0.717, 1.165) is 45.8 Å². The molecule has 4 rings (SSSR count). The third-order valence-corrected chi connectivity index (χ3v) is 5.47. The summed E-state index contributed by atoms with van der Waals surface area (Å²) >= 11 is 0. The molecule has 0 aromatic heterocycles. The Hall–Kier alpha value is -1.59. The van der Waals surface area contributed by atoms with Gasteiger partial charge in [-0.3, -0.25) is 4.90 Å². The van der Waals surface area contributed by atoms with Crippen LogP contribution in [0.3, 0.4) is 0 Å². The lowest BCUT2D eigenvalue weighted by atomic mass is 10.1. The normalized spacial score (nSPS) is 30.3. The van der Waals surface area contributed by atoms with E-state index < -0.39 is 0 Å². The van der Waals surface area contributed by atoms with Crippen LogP contribution in [0.5, 0.6) is 0 Å². The average molecular weight is 329 g/mol. The van der Waals surface area contributed by atoms with Crippen molar-refractivity contribution in [3.8, 4) is 0 Å². The van der Waals surface area contributed by atoms with Gasteiger partial charge in [0.1, 0.15) is 0 Å². The van der Waals surface area contributed by atoms with Gasteiger partial charge in [-0.15, -0.1) is 0 Å². The maximum atomic E-state index is 12.4. The molecule has 0 radical (unpaired) electrons. The SMILES string of the molecule is O=C(N[C@@H]1C[C@H]1c1ccccc1)N1CCN(C[C@H]2CCCO2)CC1. The topological polar surface area (TPSA) is 44.8 Å². The molecule has 3 atom stereocenters. The van der Waals surface area contributed by atoms with E-state index in [1.165, 1.54) is 18.4 Å². The smallest absolute Gasteiger partial charge is 0.317 e. The van der Waals surface area contributed by atoms with Crippen LogP contribution in [-0.2, 0) is 4.74 Å². The summed E-state index contributed by atoms with van der Waals surface area (Å²) in [5, 5.41) is 3.20. The van der Waals surface area contributed by atoms with E-state index in [9.17, 15) is 4.79 Å². The van der Waals surface area contributed by atoms with Gasteiger partial charge >= 0.3 is 6.03 Å². The van der Waals surface area contributed by atoms with Crippen molar-refractivity contribution in [3.63, 3.8) is 0 Å². The zero-order valence-electron chi connectivity index (χ0n) is 14.2. The Bertz CT molecular complexity index is 551. The summed E-state index contributed by atoms with van der Waals surface area (Å²) in [6.07, 6.45) is 3.85. The summed E-state index contributed by atoms with van der Waals surface area (Å²) in [4.78, 5) is 16.8. The Morgan fingerprint density at radius 3 is 2.67 bits per heavy atom. The summed E-state index contributed by atoms with van der Waals surface area (Å²) in [6, 6.07) is 10.9. The second-order valence-corrected chi connectivity index (χ2v) is 7.23. The van der Waals surface area contributed by atoms with Crippen molar-refractivity contribution in [1.82, 2.24) is 15.1 Å². The molecule has 24 heavy (non-hydrogen) atoms. The zero-order chi connectivity index (χ0) is 16.4. The molecule has 5 heteroatoms. The Kier molecular flexibility index (Phi) is 4.72. The number of hydrogen-bond acceptors (Lipinski definition) is 3. The zero-order valence-corrected chi connectivity index (χ0v) is 14.2. The fourth-order valence-electron chi connectivity index (χ4n) is 3.88. The number of rotatable bonds is 4. The molecular weight excluding hydrogens is 302 g/mol. The van der Waals surface area contributed by atoms with Gasteiger partial charge in [-0.2, -0.15) is 0 Å². The molecule has 2 aliphatic heterocycles. The molecular formula is C19H27N3O2. The lowest BCUT2D eigenvalue weighted by Crippen LogP contribution is -2.53. The van der Waals surface area contributed by atoms with Gasteiger partial charge in [-0.25, -0.2) is 4.79 Å². The van der Waals surface area contributed by atoms with Crippen LogP contribution in [-0.4, -0.2) is 67.3 Å². The number of carbonyl (C=O) groups is 1. The second-order valence-electron chi connectivity index (χ2n) is 7.23. The van der Waals surface area contributed by atoms with Crippen LogP contribution in [0.25, 0.3) is 0 Å². The first-order chi connectivity index (χ1) is 11.8. The molecule has 1 saturated carbocycles. The summed E-state index contributed by atoms with van der Waals surface area (Å²) in [6.45, 7) is 5.49. The molecule has 3 fully saturated rings. The van der Waals surface area contributed by atoms with Crippen molar-refractivity contribution in [2.45, 2.75) is 37.3 Å². The first-order valence-corrected chi connectivity index (χ1v) is 9.24. The lowest BCUT2D eigenvalue weighted by Gasteiger charge is -2.35. The third kappa shape index (κ3) is 3.73. The van der Waals surface area contributed by atoms with Gasteiger partial charge in [-0.1, -0.05) is 30.3 Å². The highest BCUT2D eigenvalue weighted by Gasteiger charge is 2.40. The third-order valence-electron chi connectivity index (χ3n) is 5.47. The van der Waals surface area contributed by atoms with Crippen LogP contribution >= 0.6 is 0 Å². The van der Waals surface area contributed by atoms with E-state index in [-0.39, 0.29) is 6.03 Å². The molecule has 3 aliphatic rings. The predicted octanol–water partition coefficient (Wildman–Crippen LogP) is 2.05. The number of nitrogens with zero attached hydrogens (tertiary/aromatic N) is 2. The van der Waals surface area contributed by atoms with Gasteiger partial charge in [0, 0.05) is 51.3 Å². The van der Waals surface area contributed by atoms with Crippen LogP contribution in [0.1, 0.15) is 30.7 Å². The van der Waals surface area contributed by atoms with Crippen molar-refractivity contribution < 1.29 is 9.53 Å². The molecule has 1 N–H and O–H groups in total. The molecule has 130 valence electrons. The van der Waals surface area contributed by atoms with Crippen LogP contribution in [0, 0.1) is 0 Å². The number of amides is 2. The average Bonchev–Trinajstić information content (AvgIpc) is 3.19. The van der Waals surface area contributed by atoms with Crippen molar-refractivity contribution in [2.75, 3.05) is 39.3 Å². The van der Waals surface area contributed by atoms with E-state index >= 15 is 0 Å². The highest BCUT2D eigenvalue weighted by Crippen LogP contribution is 2.40. The minimum atomic E-state index is 0.107. The number of benzene rings is 1. The number of urea groups is 1. The lowest BCUT2D eigenvalue weighted by molar-refractivity contribution is 0.0561. The molecule has 5 nitrogen and oxygen atoms in total. The van der Waals surface area contributed by atoms with Crippen molar-refractivity contribution >= 4 is 6.03 Å². The molecule has 2 saturated heterocycles. The van der Waals surface area contributed by atoms with Crippen LogP contribution < -0.4 is 5.32 Å². The number of carbonyl (C=O) groups excluding carboxylic acids is 1. The fourth-order valence-corrected chi connectivity index (χ4v) is 3.88. The van der Waals surface area contributed by atoms with Gasteiger partial charge in [0.05, 0.1) is 6.10 Å². The molecule has 2 heterocycles. The Labute approximate surface area is 144 Å². The molecule has 0 unspecified atom stereocenters. The van der Waals surface area contributed by atoms with E-state index in [0.29, 0.717) is 18.1 Å². The summed E-state index contributed by atoms with van der Waals surface area (Å²) in [5.41, 5.74) is 1.34. The quantitative estimate of drug-likeness (QED) is 0.919. The summed E-state index contributed by atoms with van der Waals surface area (Å²) in [7, 11) is 0. The molecule has 1 aromatic rings. The first-order valence-electron chi connectivity index (χ1n) is 9.24. The van der Waals surface area contributed by atoms with Crippen LogP contribution in [0.15, 0.2) is 30.3 Å². The van der Waals surface area contributed by atoms with Gasteiger partial charge in [0.2, 0.25) is 0 Å². The van der Waals surface area contributed by atoms with Gasteiger partial charge in [-0.05, 0) is 24.8 Å². The maximum Gasteiger partial charge on any atom is 0.317 e. The standard InChI is InChI=1S/C19H27N3O2/c23-19(20-18-13-17(18)15-5-2-1-3-6-15)22-10-8-21(9-11-22)14-16-7-4-12-24-16/h1-3,5-6,16-18H,4,7-14H2,(H,20,23)/t16-,17+,18-/m1/s1. The first kappa shape index (κ1) is 15.9. The van der Waals surface area contributed by atoms with Crippen molar-refractivity contribution in [3.05, 3.63) is 35.9 Å². The molecule has 1 aromatic carbocycles. The molecule has 2 amide bonds. The van der Waals surface area contributed by atoms with Gasteiger partial charge < -0.3 is 15.0 Å². The molecule has 0 bridgehead atoms. The Morgan fingerprint density at radius 2 is 1.96 bits per heavy atom. The second kappa shape index (κ2) is 7.11. The highest BCUT2D eigenvalue weighted by atomic mass is 16.5. The van der Waals surface area contributed by atoms with E-state index in [1.54, 1.807) is 0 Å². The largest absolute Gasteiger partial charge is 0.377 e. The van der Waals surface area contributed by atoms with Crippen molar-refractivity contribution in [1.29, 1.82) is 0 Å². The van der Waals surface area contributed by atoms with E-state index in [2.05, 4.69) is 34.5 Å². The summed E-state index contributed by atoms with van der Waals surface area (Å²) in [5.74, 6) is 0.496. The molecule has 1 aliphatic carbocycles. The van der Waals surface area contributed by atoms with Gasteiger partial charge in [0.15, 0.2) is 0 Å². The van der Waals surface area contributed by atoms with Crippen LogP contribution in [0.4, 0.5) is 4.79 Å². The molecule has 0 spiro atoms. The number of hydrogen-bond donors (Lipinski definition) is 1. The fraction of sp³-hybridized carbons (Fsp3) is 0.632. The van der Waals surface area contributed by atoms with Crippen molar-refractivity contribution in [2.24, 2.45) is 0 Å². The number of ether oxygens (including phenoxy) is 1. The minimum Gasteiger partial charge on any atom is -0.377 e. The minimum absolute atomic E-state index is 0.107. The number of piperazine rings is 1. The predicted molar refractivity (Wildman–Crippen MR) is 93.1 cm³/mol. The van der Waals surface area contributed by atoms with Crippen LogP contribution in [0.2, 0.25) is 0 Å². The Balaban J connectivity index is 1.20. The van der Waals surface area contributed by atoms with Gasteiger partial charge in [0.25, 0.3) is 0 Å². The van der Waals surface area contributed by atoms with E-state index in [1.807, 2.05) is 11.0 Å². The monoisotopic (exact) mass is 329 g/mol. The summed E-state index contributed by atoms with van der Waals surface area (Å²) < 4.78 is 5.71.